The third kappa shape index (κ3) is 5.34. The summed E-state index contributed by atoms with van der Waals surface area (Å²) in [6, 6.07) is 11.7. The molecule has 0 aliphatic heterocycles. The molecule has 2 heterocycles. The second-order valence-electron chi connectivity index (χ2n) is 9.37. The van der Waals surface area contributed by atoms with Crippen LogP contribution in [0.4, 0.5) is 0 Å². The number of aromatic amines is 1. The van der Waals surface area contributed by atoms with Crippen molar-refractivity contribution < 1.29 is 14.2 Å². The van der Waals surface area contributed by atoms with Crippen molar-refractivity contribution in [1.29, 1.82) is 0 Å². The van der Waals surface area contributed by atoms with E-state index in [4.69, 9.17) is 30.8 Å². The monoisotopic (exact) mass is 538 g/mol. The Morgan fingerprint density at radius 3 is 2.62 bits per heavy atom. The summed E-state index contributed by atoms with van der Waals surface area (Å²) in [7, 11) is 1.56. The Hall–Kier alpha value is -3.03. The summed E-state index contributed by atoms with van der Waals surface area (Å²) < 4.78 is 17.3. The van der Waals surface area contributed by atoms with E-state index in [2.05, 4.69) is 31.0 Å². The summed E-state index contributed by atoms with van der Waals surface area (Å²) in [6.45, 7) is 5.05. The van der Waals surface area contributed by atoms with Crippen LogP contribution in [0.15, 0.2) is 41.2 Å². The quantitative estimate of drug-likeness (QED) is 0.229. The lowest BCUT2D eigenvalue weighted by Crippen LogP contribution is -2.11. The minimum atomic E-state index is -0.107. The van der Waals surface area contributed by atoms with E-state index in [1.807, 2.05) is 12.1 Å². The highest BCUT2D eigenvalue weighted by Gasteiger charge is 2.21. The van der Waals surface area contributed by atoms with E-state index in [0.29, 0.717) is 47.0 Å². The maximum absolute atomic E-state index is 13.0. The van der Waals surface area contributed by atoms with Crippen LogP contribution in [0.25, 0.3) is 21.6 Å². The van der Waals surface area contributed by atoms with Crippen LogP contribution in [0.2, 0.25) is 5.02 Å². The number of nitrogens with zero attached hydrogens (tertiary/aromatic N) is 1. The first-order valence-corrected chi connectivity index (χ1v) is 14.0. The molecule has 4 aromatic rings. The number of thiophene rings is 1. The molecular weight excluding hydrogens is 508 g/mol. The van der Waals surface area contributed by atoms with Crippen molar-refractivity contribution in [3.63, 3.8) is 0 Å². The van der Waals surface area contributed by atoms with Crippen molar-refractivity contribution in [1.82, 2.24) is 9.97 Å². The number of ether oxygens (including phenoxy) is 3. The molecule has 0 fully saturated rings. The van der Waals surface area contributed by atoms with E-state index in [9.17, 15) is 4.79 Å². The van der Waals surface area contributed by atoms with Crippen molar-refractivity contribution in [2.45, 2.75) is 51.9 Å². The van der Waals surface area contributed by atoms with Gasteiger partial charge in [-0.3, -0.25) is 4.79 Å². The number of hydrogen-bond donors (Lipinski definition) is 1. The fraction of sp³-hybridized carbons (Fsp3) is 0.379. The molecule has 1 atom stereocenters. The minimum Gasteiger partial charge on any atom is -0.493 e. The lowest BCUT2D eigenvalue weighted by molar-refractivity contribution is 0.211. The number of methoxy groups -OCH3 is 1. The second-order valence-corrected chi connectivity index (χ2v) is 10.9. The van der Waals surface area contributed by atoms with Crippen LogP contribution in [0, 0.1) is 0 Å². The maximum atomic E-state index is 13.0. The van der Waals surface area contributed by atoms with Crippen molar-refractivity contribution in [2.24, 2.45) is 0 Å². The summed E-state index contributed by atoms with van der Waals surface area (Å²) in [5, 5.41) is 1.11. The van der Waals surface area contributed by atoms with Gasteiger partial charge in [0, 0.05) is 10.4 Å². The van der Waals surface area contributed by atoms with Gasteiger partial charge in [0.05, 0.1) is 17.5 Å². The maximum Gasteiger partial charge on any atom is 0.260 e. The molecule has 8 heteroatoms. The Balaban J connectivity index is 1.30. The Labute approximate surface area is 225 Å². The number of aromatic nitrogens is 2. The van der Waals surface area contributed by atoms with Gasteiger partial charge in [0.1, 0.15) is 29.6 Å². The molecule has 0 saturated heterocycles. The highest BCUT2D eigenvalue weighted by atomic mass is 35.5. The fourth-order valence-corrected chi connectivity index (χ4v) is 6.26. The SMILES string of the molecule is CC[C@@H](C)c1ccc(OCCOc2c(Cl)cc(-c3nc4sc5c(c4c(=O)[nH]3)CCCC5)cc2OC)cc1. The van der Waals surface area contributed by atoms with Crippen LogP contribution < -0.4 is 19.8 Å². The average molecular weight is 539 g/mol. The highest BCUT2D eigenvalue weighted by molar-refractivity contribution is 7.18. The largest absolute Gasteiger partial charge is 0.493 e. The smallest absolute Gasteiger partial charge is 0.260 e. The molecule has 0 radical (unpaired) electrons. The highest BCUT2D eigenvalue weighted by Crippen LogP contribution is 2.40. The van der Waals surface area contributed by atoms with Gasteiger partial charge in [0.25, 0.3) is 5.56 Å². The van der Waals surface area contributed by atoms with Gasteiger partial charge in [-0.2, -0.15) is 0 Å². The number of H-pyrrole nitrogens is 1. The van der Waals surface area contributed by atoms with Gasteiger partial charge in [-0.1, -0.05) is 37.6 Å². The lowest BCUT2D eigenvalue weighted by Gasteiger charge is -2.15. The Bertz CT molecular complexity index is 1460. The first kappa shape index (κ1) is 25.6. The van der Waals surface area contributed by atoms with Crippen LogP contribution in [-0.4, -0.2) is 30.3 Å². The molecule has 0 unspecified atom stereocenters. The summed E-state index contributed by atoms with van der Waals surface area (Å²) in [5.74, 6) is 2.68. The second kappa shape index (κ2) is 11.2. The average Bonchev–Trinajstić information content (AvgIpc) is 3.30. The zero-order chi connectivity index (χ0) is 25.9. The van der Waals surface area contributed by atoms with Gasteiger partial charge < -0.3 is 19.2 Å². The van der Waals surface area contributed by atoms with Gasteiger partial charge >= 0.3 is 0 Å². The molecule has 1 aliphatic carbocycles. The predicted octanol–water partition coefficient (Wildman–Crippen LogP) is 7.16. The predicted molar refractivity (Wildman–Crippen MR) is 150 cm³/mol. The first-order valence-electron chi connectivity index (χ1n) is 12.8. The standard InChI is InChI=1S/C29H31ClN2O4S/c1-4-17(2)18-9-11-20(12-10-18)35-13-14-36-26-22(30)15-19(16-23(26)34-3)27-31-28(33)25-21-7-5-6-8-24(21)37-29(25)32-27/h9-12,15-17H,4-8,13-14H2,1-3H3,(H,31,32,33)/t17-/m1/s1. The molecule has 0 bridgehead atoms. The van der Waals surface area contributed by atoms with Crippen LogP contribution in [0.1, 0.15) is 55.0 Å². The third-order valence-electron chi connectivity index (χ3n) is 6.99. The fourth-order valence-electron chi connectivity index (χ4n) is 4.73. The topological polar surface area (TPSA) is 73.4 Å². The molecule has 1 aliphatic rings. The number of hydrogen-bond acceptors (Lipinski definition) is 6. The van der Waals surface area contributed by atoms with Gasteiger partial charge in [-0.05, 0) is 73.4 Å². The number of halogens is 1. The molecular formula is C29H31ClN2O4S. The van der Waals surface area contributed by atoms with Crippen LogP contribution in [-0.2, 0) is 12.8 Å². The van der Waals surface area contributed by atoms with Crippen molar-refractivity contribution in [3.05, 3.63) is 67.8 Å². The molecule has 0 spiro atoms. The molecule has 0 saturated carbocycles. The van der Waals surface area contributed by atoms with Crippen molar-refractivity contribution in [3.8, 4) is 28.6 Å². The Kier molecular flexibility index (Phi) is 7.72. The van der Waals surface area contributed by atoms with Gasteiger partial charge in [0.2, 0.25) is 0 Å². The van der Waals surface area contributed by atoms with E-state index in [0.717, 1.165) is 48.1 Å². The molecule has 1 N–H and O–H groups in total. The van der Waals surface area contributed by atoms with Gasteiger partial charge in [-0.15, -0.1) is 11.3 Å². The molecule has 2 aromatic carbocycles. The van der Waals surface area contributed by atoms with E-state index >= 15 is 0 Å². The number of fused-ring (bicyclic) bond motifs is 3. The molecule has 194 valence electrons. The lowest BCUT2D eigenvalue weighted by atomic mass is 9.97. The summed E-state index contributed by atoms with van der Waals surface area (Å²) in [6.07, 6.45) is 5.34. The zero-order valence-electron chi connectivity index (χ0n) is 21.4. The summed E-state index contributed by atoms with van der Waals surface area (Å²) >= 11 is 8.22. The molecule has 2 aromatic heterocycles. The molecule has 6 nitrogen and oxygen atoms in total. The Morgan fingerprint density at radius 2 is 1.86 bits per heavy atom. The summed E-state index contributed by atoms with van der Waals surface area (Å²) in [4.78, 5) is 22.8. The minimum absolute atomic E-state index is 0.107. The third-order valence-corrected chi connectivity index (χ3v) is 8.45. The van der Waals surface area contributed by atoms with E-state index in [1.54, 1.807) is 30.6 Å². The number of rotatable bonds is 9. The zero-order valence-corrected chi connectivity index (χ0v) is 22.9. The number of aryl methyl sites for hydroxylation is 2. The Morgan fingerprint density at radius 1 is 1.11 bits per heavy atom. The normalized spacial score (nSPS) is 13.8. The first-order chi connectivity index (χ1) is 18.0. The van der Waals surface area contributed by atoms with E-state index < -0.39 is 0 Å². The molecule has 5 rings (SSSR count). The van der Waals surface area contributed by atoms with Crippen molar-refractivity contribution >= 4 is 33.2 Å². The number of nitrogens with one attached hydrogen (secondary N) is 1. The molecule has 0 amide bonds. The van der Waals surface area contributed by atoms with E-state index in [-0.39, 0.29) is 5.56 Å². The van der Waals surface area contributed by atoms with E-state index in [1.165, 1.54) is 16.0 Å². The van der Waals surface area contributed by atoms with Crippen LogP contribution >= 0.6 is 22.9 Å². The number of benzene rings is 2. The summed E-state index contributed by atoms with van der Waals surface area (Å²) in [5.41, 5.74) is 3.03. The van der Waals surface area contributed by atoms with Gasteiger partial charge in [-0.25, -0.2) is 4.98 Å². The van der Waals surface area contributed by atoms with Gasteiger partial charge in [0.15, 0.2) is 11.5 Å². The molecule has 37 heavy (non-hydrogen) atoms. The van der Waals surface area contributed by atoms with Crippen LogP contribution in [0.3, 0.4) is 0 Å². The van der Waals surface area contributed by atoms with Crippen molar-refractivity contribution in [2.75, 3.05) is 20.3 Å². The van der Waals surface area contributed by atoms with Crippen LogP contribution in [0.5, 0.6) is 17.2 Å².